The van der Waals surface area contributed by atoms with Gasteiger partial charge in [-0.25, -0.2) is 0 Å². The summed E-state index contributed by atoms with van der Waals surface area (Å²) in [5.41, 5.74) is 5.52. The quantitative estimate of drug-likeness (QED) is 0.535. The molecule has 0 heterocycles. The van der Waals surface area contributed by atoms with E-state index in [0.717, 1.165) is 47.5 Å². The van der Waals surface area contributed by atoms with Crippen LogP contribution in [0.3, 0.4) is 0 Å². The third-order valence-corrected chi connectivity index (χ3v) is 4.79. The fourth-order valence-electron chi connectivity index (χ4n) is 3.61. The van der Waals surface area contributed by atoms with Crippen molar-refractivity contribution in [2.24, 2.45) is 0 Å². The van der Waals surface area contributed by atoms with Crippen molar-refractivity contribution < 1.29 is 9.53 Å². The van der Waals surface area contributed by atoms with E-state index < -0.39 is 0 Å². The van der Waals surface area contributed by atoms with Crippen molar-refractivity contribution in [2.75, 3.05) is 0 Å². The van der Waals surface area contributed by atoms with E-state index in [1.807, 2.05) is 18.2 Å². The molecule has 1 fully saturated rings. The van der Waals surface area contributed by atoms with E-state index in [-0.39, 0.29) is 5.78 Å². The monoisotopic (exact) mass is 334 g/mol. The van der Waals surface area contributed by atoms with Gasteiger partial charge in [0.2, 0.25) is 0 Å². The molecule has 2 heteroatoms. The minimum atomic E-state index is 0.250. The highest BCUT2D eigenvalue weighted by molar-refractivity contribution is 5.96. The standard InChI is InChI=1S/C23H26O2/c1-16-13-17(2)23(18(3)14-16)25-22(15-19-9-5-4-6-10-19)20-11-7-8-12-21(20)24/h4-6,9-10,13-14H,7-8,11-12,15H2,1-3H3/b22-20+. The fourth-order valence-corrected chi connectivity index (χ4v) is 3.61. The van der Waals surface area contributed by atoms with Crippen molar-refractivity contribution in [3.05, 3.63) is 76.1 Å². The first kappa shape index (κ1) is 17.5. The molecule has 1 aliphatic carbocycles. The lowest BCUT2D eigenvalue weighted by atomic mass is 9.91. The van der Waals surface area contributed by atoms with Gasteiger partial charge in [0.05, 0.1) is 0 Å². The molecule has 0 radical (unpaired) electrons. The van der Waals surface area contributed by atoms with E-state index >= 15 is 0 Å². The Morgan fingerprint density at radius 3 is 2.24 bits per heavy atom. The Hall–Kier alpha value is -2.35. The molecule has 25 heavy (non-hydrogen) atoms. The van der Waals surface area contributed by atoms with Gasteiger partial charge in [0.1, 0.15) is 11.5 Å². The number of ketones is 1. The van der Waals surface area contributed by atoms with E-state index in [2.05, 4.69) is 45.0 Å². The van der Waals surface area contributed by atoms with Gasteiger partial charge in [-0.05, 0) is 56.7 Å². The highest BCUT2D eigenvalue weighted by atomic mass is 16.5. The van der Waals surface area contributed by atoms with Gasteiger partial charge in [0.15, 0.2) is 5.78 Å². The summed E-state index contributed by atoms with van der Waals surface area (Å²) in [6, 6.07) is 14.5. The van der Waals surface area contributed by atoms with Gasteiger partial charge in [-0.2, -0.15) is 0 Å². The maximum atomic E-state index is 12.5. The van der Waals surface area contributed by atoms with Gasteiger partial charge in [-0.1, -0.05) is 48.0 Å². The lowest BCUT2D eigenvalue weighted by Gasteiger charge is -2.21. The molecule has 2 aromatic carbocycles. The van der Waals surface area contributed by atoms with Crippen molar-refractivity contribution in [3.8, 4) is 5.75 Å². The minimum absolute atomic E-state index is 0.250. The molecule has 130 valence electrons. The number of carbonyl (C=O) groups excluding carboxylic acids is 1. The third-order valence-electron chi connectivity index (χ3n) is 4.79. The molecule has 3 rings (SSSR count). The zero-order chi connectivity index (χ0) is 17.8. The van der Waals surface area contributed by atoms with Crippen molar-refractivity contribution >= 4 is 5.78 Å². The van der Waals surface area contributed by atoms with Gasteiger partial charge >= 0.3 is 0 Å². The molecule has 0 saturated heterocycles. The molecule has 0 amide bonds. The van der Waals surface area contributed by atoms with E-state index in [1.54, 1.807) is 0 Å². The van der Waals surface area contributed by atoms with Crippen LogP contribution in [0.1, 0.15) is 47.9 Å². The number of carbonyl (C=O) groups is 1. The third kappa shape index (κ3) is 4.19. The maximum Gasteiger partial charge on any atom is 0.162 e. The highest BCUT2D eigenvalue weighted by Crippen LogP contribution is 2.31. The lowest BCUT2D eigenvalue weighted by Crippen LogP contribution is -2.16. The summed E-state index contributed by atoms with van der Waals surface area (Å²) in [6.07, 6.45) is 4.18. The number of hydrogen-bond acceptors (Lipinski definition) is 2. The van der Waals surface area contributed by atoms with Crippen molar-refractivity contribution in [1.29, 1.82) is 0 Å². The van der Waals surface area contributed by atoms with Crippen LogP contribution in [0, 0.1) is 20.8 Å². The van der Waals surface area contributed by atoms with Crippen LogP contribution in [-0.4, -0.2) is 5.78 Å². The summed E-state index contributed by atoms with van der Waals surface area (Å²) in [6.45, 7) is 6.24. The second-order valence-corrected chi connectivity index (χ2v) is 7.02. The second kappa shape index (κ2) is 7.69. The molecular formula is C23H26O2. The molecule has 1 aliphatic rings. The molecular weight excluding hydrogens is 308 g/mol. The van der Waals surface area contributed by atoms with Crippen LogP contribution in [0.15, 0.2) is 53.8 Å². The summed E-state index contributed by atoms with van der Waals surface area (Å²) < 4.78 is 6.40. The Kier molecular flexibility index (Phi) is 5.37. The van der Waals surface area contributed by atoms with E-state index in [0.29, 0.717) is 12.8 Å². The molecule has 0 unspecified atom stereocenters. The zero-order valence-corrected chi connectivity index (χ0v) is 15.4. The molecule has 0 aliphatic heterocycles. The van der Waals surface area contributed by atoms with E-state index in [9.17, 15) is 4.79 Å². The predicted molar refractivity (Wildman–Crippen MR) is 102 cm³/mol. The number of ether oxygens (including phenoxy) is 1. The molecule has 0 bridgehead atoms. The van der Waals surface area contributed by atoms with Crippen LogP contribution < -0.4 is 4.74 Å². The number of hydrogen-bond donors (Lipinski definition) is 0. The zero-order valence-electron chi connectivity index (χ0n) is 15.4. The van der Waals surface area contributed by atoms with Crippen LogP contribution in [-0.2, 0) is 11.2 Å². The number of rotatable bonds is 4. The maximum absolute atomic E-state index is 12.5. The van der Waals surface area contributed by atoms with Crippen LogP contribution in [0.4, 0.5) is 0 Å². The fraction of sp³-hybridized carbons (Fsp3) is 0.348. The molecule has 0 aromatic heterocycles. The summed E-state index contributed by atoms with van der Waals surface area (Å²) in [5, 5.41) is 0. The number of Topliss-reactive ketones (excluding diaryl/α,β-unsaturated/α-hetero) is 1. The Bertz CT molecular complexity index is 777. The van der Waals surface area contributed by atoms with Crippen LogP contribution in [0.2, 0.25) is 0 Å². The average molecular weight is 334 g/mol. The van der Waals surface area contributed by atoms with E-state index in [4.69, 9.17) is 4.74 Å². The minimum Gasteiger partial charge on any atom is -0.460 e. The smallest absolute Gasteiger partial charge is 0.162 e. The number of aryl methyl sites for hydroxylation is 3. The largest absolute Gasteiger partial charge is 0.460 e. The summed E-state index contributed by atoms with van der Waals surface area (Å²) in [5.74, 6) is 1.97. The van der Waals surface area contributed by atoms with Crippen LogP contribution in [0.5, 0.6) is 5.75 Å². The first-order chi connectivity index (χ1) is 12.0. The first-order valence-electron chi connectivity index (χ1n) is 9.09. The van der Waals surface area contributed by atoms with Gasteiger partial charge < -0.3 is 4.74 Å². The van der Waals surface area contributed by atoms with E-state index in [1.165, 1.54) is 11.1 Å². The molecule has 0 atom stereocenters. The summed E-state index contributed by atoms with van der Waals surface area (Å²) >= 11 is 0. The average Bonchev–Trinajstić information content (AvgIpc) is 2.58. The Morgan fingerprint density at radius 2 is 1.60 bits per heavy atom. The molecule has 0 spiro atoms. The van der Waals surface area contributed by atoms with Gasteiger partial charge in [0.25, 0.3) is 0 Å². The lowest BCUT2D eigenvalue weighted by molar-refractivity contribution is -0.116. The topological polar surface area (TPSA) is 26.3 Å². The molecule has 2 aromatic rings. The second-order valence-electron chi connectivity index (χ2n) is 7.02. The highest BCUT2D eigenvalue weighted by Gasteiger charge is 2.22. The van der Waals surface area contributed by atoms with Gasteiger partial charge in [-0.3, -0.25) is 4.79 Å². The number of allylic oxidation sites excluding steroid dienone is 2. The van der Waals surface area contributed by atoms with Gasteiger partial charge in [-0.15, -0.1) is 0 Å². The van der Waals surface area contributed by atoms with Crippen LogP contribution in [0.25, 0.3) is 0 Å². The summed E-state index contributed by atoms with van der Waals surface area (Å²) in [7, 11) is 0. The molecule has 0 N–H and O–H groups in total. The van der Waals surface area contributed by atoms with Crippen molar-refractivity contribution in [3.63, 3.8) is 0 Å². The van der Waals surface area contributed by atoms with Crippen molar-refractivity contribution in [1.82, 2.24) is 0 Å². The van der Waals surface area contributed by atoms with Gasteiger partial charge in [0, 0.05) is 18.4 Å². The van der Waals surface area contributed by atoms with Crippen molar-refractivity contribution in [2.45, 2.75) is 52.9 Å². The Balaban J connectivity index is 2.00. The Labute approximate surface area is 150 Å². The molecule has 1 saturated carbocycles. The SMILES string of the molecule is Cc1cc(C)c(O/C(Cc2ccccc2)=C2\CCCCC2=O)c(C)c1. The van der Waals surface area contributed by atoms with Crippen LogP contribution >= 0.6 is 0 Å². The predicted octanol–water partition coefficient (Wildman–Crippen LogP) is 5.63. The normalized spacial score (nSPS) is 16.7. The summed E-state index contributed by atoms with van der Waals surface area (Å²) in [4.78, 5) is 12.5. The number of benzene rings is 2. The Morgan fingerprint density at radius 1 is 0.960 bits per heavy atom. The molecule has 2 nitrogen and oxygen atoms in total. The first-order valence-corrected chi connectivity index (χ1v) is 9.09.